The molecule has 0 spiro atoms. The third kappa shape index (κ3) is 3.24. The van der Waals surface area contributed by atoms with E-state index < -0.39 is 5.97 Å². The molecular formula is C19H12IN3O2S. The molecule has 0 amide bonds. The van der Waals surface area contributed by atoms with Crippen molar-refractivity contribution in [2.24, 2.45) is 0 Å². The second kappa shape index (κ2) is 7.73. The molecule has 26 heavy (non-hydrogen) atoms. The van der Waals surface area contributed by atoms with Crippen molar-refractivity contribution < 1.29 is 9.53 Å². The number of aromatic nitrogens is 1. The minimum atomic E-state index is -0.482. The largest absolute Gasteiger partial charge is 0.461 e. The summed E-state index contributed by atoms with van der Waals surface area (Å²) in [6.07, 6.45) is 0. The van der Waals surface area contributed by atoms with Gasteiger partial charge in [-0.25, -0.2) is 9.64 Å². The fraction of sp³-hybridized carbons (Fsp3) is 0.105. The summed E-state index contributed by atoms with van der Waals surface area (Å²) in [5.41, 5.74) is 3.53. The number of hydrogen-bond acceptors (Lipinski definition) is 4. The Kier molecular flexibility index (Phi) is 5.40. The average molecular weight is 473 g/mol. The van der Waals surface area contributed by atoms with Gasteiger partial charge >= 0.3 is 5.97 Å². The number of nitrogens with zero attached hydrogens (tertiary/aromatic N) is 2. The lowest BCUT2D eigenvalue weighted by Crippen LogP contribution is -2.06. The van der Waals surface area contributed by atoms with Crippen molar-refractivity contribution in [1.29, 1.82) is 5.26 Å². The molecule has 2 aromatic heterocycles. The van der Waals surface area contributed by atoms with Crippen molar-refractivity contribution in [3.05, 3.63) is 62.1 Å². The predicted octanol–water partition coefficient (Wildman–Crippen LogP) is 5.61. The molecule has 0 aliphatic heterocycles. The lowest BCUT2D eigenvalue weighted by atomic mass is 10.0. The second-order valence-electron chi connectivity index (χ2n) is 5.22. The van der Waals surface area contributed by atoms with E-state index in [1.54, 1.807) is 13.0 Å². The molecule has 1 N–H and O–H groups in total. The van der Waals surface area contributed by atoms with Gasteiger partial charge in [-0.3, -0.25) is 0 Å². The van der Waals surface area contributed by atoms with Crippen LogP contribution in [0.3, 0.4) is 0 Å². The monoisotopic (exact) mass is 473 g/mol. The Hall–Kier alpha value is -2.62. The quantitative estimate of drug-likeness (QED) is 0.304. The first-order valence-electron chi connectivity index (χ1n) is 7.65. The second-order valence-corrected chi connectivity index (χ2v) is 7.22. The maximum atomic E-state index is 12.3. The molecule has 3 aromatic rings. The molecule has 5 nitrogen and oxygen atoms in total. The lowest BCUT2D eigenvalue weighted by molar-refractivity contribution is 0.0521. The van der Waals surface area contributed by atoms with Gasteiger partial charge in [-0.05, 0) is 52.1 Å². The highest BCUT2D eigenvalue weighted by Crippen LogP contribution is 2.39. The first kappa shape index (κ1) is 18.2. The first-order chi connectivity index (χ1) is 12.6. The zero-order valence-electron chi connectivity index (χ0n) is 13.7. The molecule has 0 atom stereocenters. The summed E-state index contributed by atoms with van der Waals surface area (Å²) in [6.45, 7) is 9.45. The molecule has 1 aromatic carbocycles. The number of aromatic amines is 1. The van der Waals surface area contributed by atoms with E-state index in [1.807, 2.05) is 52.2 Å². The van der Waals surface area contributed by atoms with E-state index in [2.05, 4.69) is 15.9 Å². The molecule has 7 heteroatoms. The summed E-state index contributed by atoms with van der Waals surface area (Å²) in [4.78, 5) is 19.7. The number of esters is 1. The van der Waals surface area contributed by atoms with Crippen LogP contribution in [0.5, 0.6) is 0 Å². The predicted molar refractivity (Wildman–Crippen MR) is 109 cm³/mol. The molecule has 2 heterocycles. The van der Waals surface area contributed by atoms with Gasteiger partial charge in [0.15, 0.2) is 0 Å². The smallest absolute Gasteiger partial charge is 0.354 e. The van der Waals surface area contributed by atoms with Crippen molar-refractivity contribution in [3.63, 3.8) is 0 Å². The van der Waals surface area contributed by atoms with Gasteiger partial charge in [-0.1, -0.05) is 24.3 Å². The zero-order valence-corrected chi connectivity index (χ0v) is 16.6. The van der Waals surface area contributed by atoms with Gasteiger partial charge in [0.2, 0.25) is 5.69 Å². The number of carbonyl (C=O) groups is 1. The van der Waals surface area contributed by atoms with Crippen LogP contribution in [0.15, 0.2) is 35.7 Å². The van der Waals surface area contributed by atoms with Crippen LogP contribution >= 0.6 is 33.9 Å². The first-order valence-corrected chi connectivity index (χ1v) is 9.61. The Balaban J connectivity index is 2.09. The summed E-state index contributed by atoms with van der Waals surface area (Å²) in [5.74, 6) is -0.482. The molecule has 0 unspecified atom stereocenters. The third-order valence-electron chi connectivity index (χ3n) is 3.74. The lowest BCUT2D eigenvalue weighted by Gasteiger charge is -2.07. The molecular weight excluding hydrogens is 461 g/mol. The molecule has 0 aliphatic rings. The van der Waals surface area contributed by atoms with E-state index in [0.717, 1.165) is 16.0 Å². The van der Waals surface area contributed by atoms with Crippen LogP contribution in [0, 0.1) is 21.6 Å². The molecule has 0 saturated carbocycles. The summed E-state index contributed by atoms with van der Waals surface area (Å²) >= 11 is 3.51. The average Bonchev–Trinajstić information content (AvgIpc) is 3.25. The Morgan fingerprint density at radius 3 is 2.65 bits per heavy atom. The Morgan fingerprint density at radius 2 is 2.04 bits per heavy atom. The number of benzene rings is 1. The van der Waals surface area contributed by atoms with E-state index in [9.17, 15) is 10.1 Å². The van der Waals surface area contributed by atoms with Crippen LogP contribution in [0.1, 0.15) is 23.0 Å². The van der Waals surface area contributed by atoms with Crippen molar-refractivity contribution in [1.82, 2.24) is 4.98 Å². The number of nitrogens with one attached hydrogen (secondary N) is 1. The molecule has 0 saturated heterocycles. The number of nitriles is 1. The van der Waals surface area contributed by atoms with Gasteiger partial charge in [-0.2, -0.15) is 5.26 Å². The highest BCUT2D eigenvalue weighted by Gasteiger charge is 2.23. The normalized spacial score (nSPS) is 10.2. The van der Waals surface area contributed by atoms with Crippen molar-refractivity contribution in [3.8, 4) is 27.6 Å². The van der Waals surface area contributed by atoms with Gasteiger partial charge in [0.1, 0.15) is 11.8 Å². The Bertz CT molecular complexity index is 1050. The van der Waals surface area contributed by atoms with Crippen molar-refractivity contribution in [2.45, 2.75) is 6.92 Å². The Labute approximate surface area is 168 Å². The maximum absolute atomic E-state index is 12.3. The summed E-state index contributed by atoms with van der Waals surface area (Å²) in [5, 5.41) is 11.1. The number of carbonyl (C=O) groups excluding carboxylic acids is 1. The number of H-pyrrole nitrogens is 1. The SMILES string of the molecule is [C-]#[N+]c1c(I)[nH]c(C(=O)OCC)c1-c1ccc(-c2sccc2C#N)cc1. The number of rotatable bonds is 4. The third-order valence-corrected chi connectivity index (χ3v) is 5.49. The molecule has 0 radical (unpaired) electrons. The molecule has 0 bridgehead atoms. The van der Waals surface area contributed by atoms with E-state index in [1.165, 1.54) is 11.3 Å². The van der Waals surface area contributed by atoms with Gasteiger partial charge in [0, 0.05) is 5.56 Å². The number of halogens is 1. The molecule has 0 aliphatic carbocycles. The minimum Gasteiger partial charge on any atom is -0.461 e. The van der Waals surface area contributed by atoms with Crippen molar-refractivity contribution >= 4 is 45.6 Å². The number of thiophene rings is 1. The summed E-state index contributed by atoms with van der Waals surface area (Å²) in [7, 11) is 0. The van der Waals surface area contributed by atoms with Gasteiger partial charge in [-0.15, -0.1) is 11.3 Å². The van der Waals surface area contributed by atoms with Crippen molar-refractivity contribution in [2.75, 3.05) is 6.61 Å². The number of ether oxygens (including phenoxy) is 1. The molecule has 0 fully saturated rings. The molecule has 128 valence electrons. The van der Waals surface area contributed by atoms with Crippen LogP contribution in [0.2, 0.25) is 0 Å². The van der Waals surface area contributed by atoms with Crippen LogP contribution in [0.4, 0.5) is 5.69 Å². The summed E-state index contributed by atoms with van der Waals surface area (Å²) in [6, 6.07) is 11.5. The zero-order chi connectivity index (χ0) is 18.7. The maximum Gasteiger partial charge on any atom is 0.354 e. The van der Waals surface area contributed by atoms with Gasteiger partial charge in [0.25, 0.3) is 0 Å². The van der Waals surface area contributed by atoms with Crippen LogP contribution in [0.25, 0.3) is 26.4 Å². The van der Waals surface area contributed by atoms with Gasteiger partial charge in [0.05, 0.1) is 27.3 Å². The van der Waals surface area contributed by atoms with Crippen LogP contribution in [-0.4, -0.2) is 17.6 Å². The van der Waals surface area contributed by atoms with E-state index in [0.29, 0.717) is 20.5 Å². The topological polar surface area (TPSA) is 70.2 Å². The standard InChI is InChI=1S/C19H12IN3O2S/c1-3-25-19(24)16-14(15(22-2)18(20)23-16)11-4-6-12(7-5-11)17-13(10-21)8-9-26-17/h4-9,23H,3H2,1H3. The van der Waals surface area contributed by atoms with Gasteiger partial charge < -0.3 is 9.72 Å². The minimum absolute atomic E-state index is 0.259. The van der Waals surface area contributed by atoms with Crippen LogP contribution in [-0.2, 0) is 4.74 Å². The van der Waals surface area contributed by atoms with E-state index in [4.69, 9.17) is 11.3 Å². The van der Waals surface area contributed by atoms with E-state index in [-0.39, 0.29) is 12.3 Å². The Morgan fingerprint density at radius 1 is 1.35 bits per heavy atom. The number of hydrogen-bond donors (Lipinski definition) is 1. The highest BCUT2D eigenvalue weighted by atomic mass is 127. The fourth-order valence-electron chi connectivity index (χ4n) is 2.61. The summed E-state index contributed by atoms with van der Waals surface area (Å²) < 4.78 is 5.71. The fourth-order valence-corrected chi connectivity index (χ4v) is 4.12. The van der Waals surface area contributed by atoms with Crippen LogP contribution < -0.4 is 0 Å². The van der Waals surface area contributed by atoms with E-state index >= 15 is 0 Å². The highest BCUT2D eigenvalue weighted by molar-refractivity contribution is 14.1. The molecule has 3 rings (SSSR count).